The molecule has 0 spiro atoms. The standard InChI is InChI=1S/C23H21N3O3/c27-22-11-5-10-20(26-22)16-6-4-7-17(14-16)25-23(28)21-15-19(12-13-24-21)29-18-8-2-1-3-9-18/h1-4,6-9,12-15,20H,5,10-11H2,(H,25,28)(H,26,27). The van der Waals surface area contributed by atoms with Gasteiger partial charge in [0.25, 0.3) is 5.91 Å². The van der Waals surface area contributed by atoms with Gasteiger partial charge >= 0.3 is 0 Å². The van der Waals surface area contributed by atoms with Gasteiger partial charge in [0.2, 0.25) is 5.91 Å². The van der Waals surface area contributed by atoms with E-state index in [1.165, 1.54) is 0 Å². The molecule has 1 atom stereocenters. The molecule has 2 amide bonds. The van der Waals surface area contributed by atoms with Crippen LogP contribution in [0.2, 0.25) is 0 Å². The summed E-state index contributed by atoms with van der Waals surface area (Å²) in [6.45, 7) is 0. The topological polar surface area (TPSA) is 80.3 Å². The van der Waals surface area contributed by atoms with Gasteiger partial charge in [0.05, 0.1) is 6.04 Å². The molecule has 0 bridgehead atoms. The molecule has 1 unspecified atom stereocenters. The second-order valence-corrected chi connectivity index (χ2v) is 6.88. The van der Waals surface area contributed by atoms with E-state index in [0.717, 1.165) is 18.4 Å². The number of nitrogens with one attached hydrogen (secondary N) is 2. The first-order valence-electron chi connectivity index (χ1n) is 9.57. The zero-order chi connectivity index (χ0) is 20.1. The van der Waals surface area contributed by atoms with Crippen LogP contribution in [0.15, 0.2) is 72.9 Å². The van der Waals surface area contributed by atoms with Crippen LogP contribution in [-0.2, 0) is 4.79 Å². The Hall–Kier alpha value is -3.67. The number of hydrogen-bond acceptors (Lipinski definition) is 4. The summed E-state index contributed by atoms with van der Waals surface area (Å²) in [6, 6.07) is 20.2. The van der Waals surface area contributed by atoms with Crippen LogP contribution in [-0.4, -0.2) is 16.8 Å². The normalized spacial score (nSPS) is 16.0. The highest BCUT2D eigenvalue weighted by Gasteiger charge is 2.20. The van der Waals surface area contributed by atoms with Crippen molar-refractivity contribution >= 4 is 17.5 Å². The fourth-order valence-electron chi connectivity index (χ4n) is 3.31. The predicted molar refractivity (Wildman–Crippen MR) is 110 cm³/mol. The Morgan fingerprint density at radius 3 is 2.72 bits per heavy atom. The first-order valence-corrected chi connectivity index (χ1v) is 9.57. The smallest absolute Gasteiger partial charge is 0.274 e. The second kappa shape index (κ2) is 8.56. The number of amides is 2. The highest BCUT2D eigenvalue weighted by Crippen LogP contribution is 2.26. The maximum atomic E-state index is 12.7. The van der Waals surface area contributed by atoms with Crippen LogP contribution >= 0.6 is 0 Å². The number of piperidine rings is 1. The van der Waals surface area contributed by atoms with Gasteiger partial charge in [-0.2, -0.15) is 0 Å². The van der Waals surface area contributed by atoms with Gasteiger partial charge in [-0.3, -0.25) is 14.6 Å². The summed E-state index contributed by atoms with van der Waals surface area (Å²) in [7, 11) is 0. The van der Waals surface area contributed by atoms with E-state index in [1.54, 1.807) is 18.3 Å². The Balaban J connectivity index is 1.46. The van der Waals surface area contributed by atoms with Gasteiger partial charge in [-0.1, -0.05) is 30.3 Å². The molecule has 6 nitrogen and oxygen atoms in total. The molecular weight excluding hydrogens is 366 g/mol. The number of carbonyl (C=O) groups excluding carboxylic acids is 2. The molecule has 1 aliphatic heterocycles. The number of aromatic nitrogens is 1. The summed E-state index contributed by atoms with van der Waals surface area (Å²) < 4.78 is 5.77. The first kappa shape index (κ1) is 18.7. The monoisotopic (exact) mass is 387 g/mol. The van der Waals surface area contributed by atoms with E-state index < -0.39 is 0 Å². The number of nitrogens with zero attached hydrogens (tertiary/aromatic N) is 1. The van der Waals surface area contributed by atoms with Crippen LogP contribution in [0.3, 0.4) is 0 Å². The molecular formula is C23H21N3O3. The van der Waals surface area contributed by atoms with Crippen molar-refractivity contribution in [3.8, 4) is 11.5 Å². The zero-order valence-corrected chi connectivity index (χ0v) is 15.8. The SMILES string of the molecule is O=C1CCCC(c2cccc(NC(=O)c3cc(Oc4ccccc4)ccn3)c2)N1. The molecule has 1 aromatic heterocycles. The Bertz CT molecular complexity index is 1020. The lowest BCUT2D eigenvalue weighted by Gasteiger charge is -2.24. The summed E-state index contributed by atoms with van der Waals surface area (Å²) >= 11 is 0. The van der Waals surface area contributed by atoms with E-state index in [4.69, 9.17) is 4.74 Å². The Kier molecular flexibility index (Phi) is 5.52. The molecule has 2 N–H and O–H groups in total. The second-order valence-electron chi connectivity index (χ2n) is 6.88. The number of para-hydroxylation sites is 1. The lowest BCUT2D eigenvalue weighted by atomic mass is 9.97. The Morgan fingerprint density at radius 1 is 1.03 bits per heavy atom. The molecule has 3 aromatic rings. The molecule has 29 heavy (non-hydrogen) atoms. The predicted octanol–water partition coefficient (Wildman–Crippen LogP) is 4.47. The number of ether oxygens (including phenoxy) is 1. The highest BCUT2D eigenvalue weighted by atomic mass is 16.5. The maximum Gasteiger partial charge on any atom is 0.274 e. The van der Waals surface area contributed by atoms with Crippen LogP contribution in [0.4, 0.5) is 5.69 Å². The molecule has 1 fully saturated rings. The minimum absolute atomic E-state index is 0.0196. The molecule has 2 aromatic carbocycles. The van der Waals surface area contributed by atoms with Crippen molar-refractivity contribution < 1.29 is 14.3 Å². The molecule has 4 rings (SSSR count). The van der Waals surface area contributed by atoms with Crippen molar-refractivity contribution in [2.45, 2.75) is 25.3 Å². The third-order valence-electron chi connectivity index (χ3n) is 4.72. The molecule has 1 saturated heterocycles. The molecule has 1 aliphatic rings. The number of carbonyl (C=O) groups is 2. The number of hydrogen-bond donors (Lipinski definition) is 2. The van der Waals surface area contributed by atoms with Gasteiger partial charge in [0, 0.05) is 24.4 Å². The summed E-state index contributed by atoms with van der Waals surface area (Å²) in [5.74, 6) is 0.964. The Labute approximate surface area is 168 Å². The van der Waals surface area contributed by atoms with Crippen molar-refractivity contribution in [2.75, 3.05) is 5.32 Å². The average molecular weight is 387 g/mol. The minimum atomic E-state index is -0.326. The quantitative estimate of drug-likeness (QED) is 0.677. The van der Waals surface area contributed by atoms with Gasteiger partial charge in [-0.05, 0) is 48.7 Å². The van der Waals surface area contributed by atoms with Gasteiger partial charge in [-0.15, -0.1) is 0 Å². The van der Waals surface area contributed by atoms with Crippen LogP contribution in [0.1, 0.15) is 41.4 Å². The third kappa shape index (κ3) is 4.79. The molecule has 0 radical (unpaired) electrons. The van der Waals surface area contributed by atoms with Gasteiger partial charge in [0.15, 0.2) is 0 Å². The van der Waals surface area contributed by atoms with Crippen molar-refractivity contribution in [3.63, 3.8) is 0 Å². The zero-order valence-electron chi connectivity index (χ0n) is 15.8. The first-order chi connectivity index (χ1) is 14.2. The summed E-state index contributed by atoms with van der Waals surface area (Å²) in [5, 5.41) is 5.87. The van der Waals surface area contributed by atoms with E-state index in [-0.39, 0.29) is 23.6 Å². The van der Waals surface area contributed by atoms with Crippen LogP contribution in [0, 0.1) is 0 Å². The lowest BCUT2D eigenvalue weighted by Crippen LogP contribution is -2.32. The number of anilines is 1. The number of benzene rings is 2. The van der Waals surface area contributed by atoms with Crippen LogP contribution in [0.5, 0.6) is 11.5 Å². The van der Waals surface area contributed by atoms with Crippen molar-refractivity contribution in [1.29, 1.82) is 0 Å². The fourth-order valence-corrected chi connectivity index (χ4v) is 3.31. The average Bonchev–Trinajstić information content (AvgIpc) is 2.75. The summed E-state index contributed by atoms with van der Waals surface area (Å²) in [4.78, 5) is 28.5. The maximum absolute atomic E-state index is 12.7. The van der Waals surface area contributed by atoms with E-state index in [9.17, 15) is 9.59 Å². The third-order valence-corrected chi connectivity index (χ3v) is 4.72. The van der Waals surface area contributed by atoms with Crippen LogP contribution in [0.25, 0.3) is 0 Å². The molecule has 2 heterocycles. The highest BCUT2D eigenvalue weighted by molar-refractivity contribution is 6.03. The van der Waals surface area contributed by atoms with Crippen molar-refractivity contribution in [2.24, 2.45) is 0 Å². The minimum Gasteiger partial charge on any atom is -0.457 e. The summed E-state index contributed by atoms with van der Waals surface area (Å²) in [5.41, 5.74) is 1.89. The molecule has 0 saturated carbocycles. The van der Waals surface area contributed by atoms with Crippen molar-refractivity contribution in [3.05, 3.63) is 84.2 Å². The molecule has 0 aliphatic carbocycles. The van der Waals surface area contributed by atoms with Gasteiger partial charge < -0.3 is 15.4 Å². The van der Waals surface area contributed by atoms with Crippen molar-refractivity contribution in [1.82, 2.24) is 10.3 Å². The number of pyridine rings is 1. The van der Waals surface area contributed by atoms with E-state index in [1.807, 2.05) is 54.6 Å². The fraction of sp³-hybridized carbons (Fsp3) is 0.174. The Morgan fingerprint density at radius 2 is 1.90 bits per heavy atom. The van der Waals surface area contributed by atoms with Gasteiger partial charge in [0.1, 0.15) is 17.2 Å². The summed E-state index contributed by atoms with van der Waals surface area (Å²) in [6.07, 6.45) is 3.87. The van der Waals surface area contributed by atoms with Gasteiger partial charge in [-0.25, -0.2) is 0 Å². The van der Waals surface area contributed by atoms with Crippen LogP contribution < -0.4 is 15.4 Å². The van der Waals surface area contributed by atoms with E-state index in [0.29, 0.717) is 23.6 Å². The molecule has 6 heteroatoms. The van der Waals surface area contributed by atoms with E-state index >= 15 is 0 Å². The molecule has 146 valence electrons. The number of rotatable bonds is 5. The van der Waals surface area contributed by atoms with E-state index in [2.05, 4.69) is 15.6 Å². The largest absolute Gasteiger partial charge is 0.457 e. The lowest BCUT2D eigenvalue weighted by molar-refractivity contribution is -0.123.